The molecule has 2 aromatic heterocycles. The molecule has 4 heterocycles. The lowest BCUT2D eigenvalue weighted by Crippen LogP contribution is -2.44. The molecule has 1 amide bonds. The fourth-order valence-electron chi connectivity index (χ4n) is 6.61. The van der Waals surface area contributed by atoms with Crippen LogP contribution in [0.25, 0.3) is 22.3 Å². The number of aliphatic hydroxyl groups is 1. The summed E-state index contributed by atoms with van der Waals surface area (Å²) in [5.74, 6) is -1.41. The number of fused-ring (bicyclic) bond motifs is 5. The van der Waals surface area contributed by atoms with Gasteiger partial charge < -0.3 is 24.5 Å². The number of ether oxygens (including phenoxy) is 2. The highest BCUT2D eigenvalue weighted by Crippen LogP contribution is 2.46. The Morgan fingerprint density at radius 3 is 2.72 bits per heavy atom. The number of benzene rings is 1. The van der Waals surface area contributed by atoms with Crippen molar-refractivity contribution in [2.24, 2.45) is 5.41 Å². The smallest absolute Gasteiger partial charge is 0.343 e. The van der Waals surface area contributed by atoms with Crippen LogP contribution in [0.3, 0.4) is 0 Å². The summed E-state index contributed by atoms with van der Waals surface area (Å²) in [4.78, 5) is 44.6. The van der Waals surface area contributed by atoms with Crippen molar-refractivity contribution < 1.29 is 28.6 Å². The van der Waals surface area contributed by atoms with Crippen LogP contribution in [-0.2, 0) is 44.2 Å². The van der Waals surface area contributed by atoms with Crippen LogP contribution in [0.1, 0.15) is 93.3 Å². The number of pyridine rings is 2. The molecule has 3 atom stereocenters. The second-order valence-corrected chi connectivity index (χ2v) is 13.2. The average Bonchev–Trinajstić information content (AvgIpc) is 3.32. The molecule has 1 aliphatic carbocycles. The summed E-state index contributed by atoms with van der Waals surface area (Å²) >= 11 is 0. The van der Waals surface area contributed by atoms with Gasteiger partial charge in [-0.15, -0.1) is 0 Å². The number of esters is 1. The number of rotatable bonds is 6. The summed E-state index contributed by atoms with van der Waals surface area (Å²) in [6.07, 6.45) is 1.28. The van der Waals surface area contributed by atoms with Gasteiger partial charge in [-0.05, 0) is 67.7 Å². The van der Waals surface area contributed by atoms with Crippen molar-refractivity contribution in [1.82, 2.24) is 14.9 Å². The third-order valence-corrected chi connectivity index (χ3v) is 9.28. The SMILES string of the molecule is CC[C@@]1(O)C(=O)OCc2c1cc1n(c2=O)Cc2c-1nc1cc(F)c(C)c3c1c2[C@@H](NC(=O)C(C)OCCC(C)(C)C)CC3. The maximum Gasteiger partial charge on any atom is 0.343 e. The molecule has 43 heavy (non-hydrogen) atoms. The van der Waals surface area contributed by atoms with Crippen LogP contribution < -0.4 is 10.9 Å². The predicted octanol–water partition coefficient (Wildman–Crippen LogP) is 4.47. The van der Waals surface area contributed by atoms with E-state index in [0.29, 0.717) is 41.9 Å². The van der Waals surface area contributed by atoms with Gasteiger partial charge in [0, 0.05) is 29.2 Å². The minimum absolute atomic E-state index is 0.0307. The number of cyclic esters (lactones) is 1. The summed E-state index contributed by atoms with van der Waals surface area (Å²) in [7, 11) is 0. The Kier molecular flexibility index (Phi) is 7.01. The highest BCUT2D eigenvalue weighted by molar-refractivity contribution is 5.94. The summed E-state index contributed by atoms with van der Waals surface area (Å²) in [5.41, 5.74) is 2.53. The Bertz CT molecular complexity index is 1760. The van der Waals surface area contributed by atoms with E-state index in [1.807, 2.05) is 0 Å². The fourth-order valence-corrected chi connectivity index (χ4v) is 6.61. The molecule has 0 radical (unpaired) electrons. The van der Waals surface area contributed by atoms with Crippen LogP contribution >= 0.6 is 0 Å². The average molecular weight is 592 g/mol. The van der Waals surface area contributed by atoms with Crippen LogP contribution in [-0.4, -0.2) is 39.2 Å². The summed E-state index contributed by atoms with van der Waals surface area (Å²) < 4.78 is 27.8. The Morgan fingerprint density at radius 1 is 1.28 bits per heavy atom. The normalized spacial score (nSPS) is 21.2. The van der Waals surface area contributed by atoms with E-state index >= 15 is 4.39 Å². The number of hydrogen-bond donors (Lipinski definition) is 2. The number of nitrogens with one attached hydrogen (secondary N) is 1. The van der Waals surface area contributed by atoms with Crippen LogP contribution in [0, 0.1) is 18.2 Å². The molecule has 2 N–H and O–H groups in total. The first kappa shape index (κ1) is 29.4. The monoisotopic (exact) mass is 591 g/mol. The van der Waals surface area contributed by atoms with Gasteiger partial charge >= 0.3 is 5.97 Å². The quantitative estimate of drug-likeness (QED) is 0.318. The first-order chi connectivity index (χ1) is 20.2. The van der Waals surface area contributed by atoms with E-state index in [2.05, 4.69) is 26.1 Å². The Labute approximate surface area is 249 Å². The Morgan fingerprint density at radius 2 is 2.02 bits per heavy atom. The molecular formula is C33H38FN3O6. The molecule has 0 spiro atoms. The van der Waals surface area contributed by atoms with Crippen LogP contribution in [0.2, 0.25) is 0 Å². The van der Waals surface area contributed by atoms with Crippen molar-refractivity contribution in [3.05, 3.63) is 61.7 Å². The van der Waals surface area contributed by atoms with Gasteiger partial charge in [0.1, 0.15) is 18.5 Å². The fraction of sp³-hybridized carbons (Fsp3) is 0.515. The van der Waals surface area contributed by atoms with Gasteiger partial charge in [-0.3, -0.25) is 9.59 Å². The summed E-state index contributed by atoms with van der Waals surface area (Å²) in [5, 5.41) is 15.2. The molecule has 6 rings (SSSR count). The number of aryl methyl sites for hydroxylation is 1. The molecule has 0 fully saturated rings. The van der Waals surface area contributed by atoms with Gasteiger partial charge in [0.25, 0.3) is 5.56 Å². The van der Waals surface area contributed by atoms with Crippen molar-refractivity contribution in [2.75, 3.05) is 6.61 Å². The molecule has 10 heteroatoms. The lowest BCUT2D eigenvalue weighted by Gasteiger charge is -2.31. The lowest BCUT2D eigenvalue weighted by molar-refractivity contribution is -0.172. The third kappa shape index (κ3) is 4.66. The van der Waals surface area contributed by atoms with Gasteiger partial charge in [0.05, 0.1) is 35.1 Å². The van der Waals surface area contributed by atoms with Crippen molar-refractivity contribution in [3.63, 3.8) is 0 Å². The van der Waals surface area contributed by atoms with E-state index in [-0.39, 0.29) is 53.4 Å². The zero-order valence-electron chi connectivity index (χ0n) is 25.5. The van der Waals surface area contributed by atoms with Gasteiger partial charge in [0.2, 0.25) is 5.91 Å². The number of carbonyl (C=O) groups excluding carboxylic acids is 2. The Hall–Kier alpha value is -3.63. The molecule has 1 aromatic carbocycles. The van der Waals surface area contributed by atoms with Crippen molar-refractivity contribution in [2.45, 2.75) is 98.1 Å². The third-order valence-electron chi connectivity index (χ3n) is 9.28. The summed E-state index contributed by atoms with van der Waals surface area (Å²) in [6.45, 7) is 11.9. The second-order valence-electron chi connectivity index (χ2n) is 13.2. The zero-order valence-corrected chi connectivity index (χ0v) is 25.5. The van der Waals surface area contributed by atoms with E-state index in [1.54, 1.807) is 31.4 Å². The number of carbonyl (C=O) groups is 2. The molecule has 0 saturated carbocycles. The standard InChI is InChI=1S/C33H38FN3O6/c1-7-33(41)21-12-25-28-19(14-37(25)30(39)20(21)15-43-31(33)40)27-23(36-29(38)17(3)42-11-10-32(4,5)6)9-8-18-16(2)22(34)13-24(35-28)26(18)27/h12-13,17,23,41H,7-11,14-15H2,1-6H3,(H,36,38)/t17?,23-,33-/m0/s1. The largest absolute Gasteiger partial charge is 0.458 e. The van der Waals surface area contributed by atoms with Crippen LogP contribution in [0.5, 0.6) is 0 Å². The second kappa shape index (κ2) is 10.2. The van der Waals surface area contributed by atoms with E-state index in [0.717, 1.165) is 28.5 Å². The minimum Gasteiger partial charge on any atom is -0.458 e. The zero-order chi connectivity index (χ0) is 31.0. The van der Waals surface area contributed by atoms with Crippen molar-refractivity contribution in [3.8, 4) is 11.4 Å². The topological polar surface area (TPSA) is 120 Å². The van der Waals surface area contributed by atoms with Crippen molar-refractivity contribution in [1.29, 1.82) is 0 Å². The molecule has 3 aliphatic rings. The molecule has 3 aromatic rings. The predicted molar refractivity (Wildman–Crippen MR) is 158 cm³/mol. The number of hydrogen-bond acceptors (Lipinski definition) is 7. The van der Waals surface area contributed by atoms with Gasteiger partial charge in [0.15, 0.2) is 5.60 Å². The molecule has 0 bridgehead atoms. The minimum atomic E-state index is -1.95. The number of halogens is 1. The lowest BCUT2D eigenvalue weighted by atomic mass is 9.81. The number of amides is 1. The van der Waals surface area contributed by atoms with Gasteiger partial charge in [-0.25, -0.2) is 14.2 Å². The summed E-state index contributed by atoms with van der Waals surface area (Å²) in [6, 6.07) is 2.64. The molecule has 1 unspecified atom stereocenters. The molecule has 9 nitrogen and oxygen atoms in total. The highest BCUT2D eigenvalue weighted by atomic mass is 19.1. The maximum absolute atomic E-state index is 15.1. The van der Waals surface area contributed by atoms with Crippen LogP contribution in [0.4, 0.5) is 4.39 Å². The van der Waals surface area contributed by atoms with Crippen molar-refractivity contribution >= 4 is 22.8 Å². The van der Waals surface area contributed by atoms with Crippen LogP contribution in [0.15, 0.2) is 16.9 Å². The molecular weight excluding hydrogens is 553 g/mol. The van der Waals surface area contributed by atoms with Gasteiger partial charge in [-0.2, -0.15) is 0 Å². The van der Waals surface area contributed by atoms with Gasteiger partial charge in [-0.1, -0.05) is 27.7 Å². The van der Waals surface area contributed by atoms with E-state index in [1.165, 1.54) is 6.07 Å². The molecule has 228 valence electrons. The Balaban J connectivity index is 1.47. The first-order valence-corrected chi connectivity index (χ1v) is 15.0. The molecule has 2 aliphatic heterocycles. The highest BCUT2D eigenvalue weighted by Gasteiger charge is 2.46. The first-order valence-electron chi connectivity index (χ1n) is 15.0. The number of aromatic nitrogens is 2. The maximum atomic E-state index is 15.1. The number of nitrogens with zero attached hydrogens (tertiary/aromatic N) is 2. The molecule has 0 saturated heterocycles. The van der Waals surface area contributed by atoms with E-state index in [9.17, 15) is 19.5 Å². The van der Waals surface area contributed by atoms with E-state index in [4.69, 9.17) is 14.5 Å². The van der Waals surface area contributed by atoms with E-state index < -0.39 is 23.7 Å².